The number of rotatable bonds is 9. The Balaban J connectivity index is 1.57. The van der Waals surface area contributed by atoms with Gasteiger partial charge in [0.2, 0.25) is 0 Å². The molecule has 1 aromatic carbocycles. The van der Waals surface area contributed by atoms with Gasteiger partial charge in [-0.3, -0.25) is 9.48 Å². The summed E-state index contributed by atoms with van der Waals surface area (Å²) in [7, 11) is 1.96. The minimum atomic E-state index is -0.116. The van der Waals surface area contributed by atoms with E-state index < -0.39 is 0 Å². The second-order valence-electron chi connectivity index (χ2n) is 7.89. The Morgan fingerprint density at radius 1 is 1.26 bits per heavy atom. The molecule has 1 atom stereocenters. The number of nitrogens with one attached hydrogen (secondary N) is 2. The summed E-state index contributed by atoms with van der Waals surface area (Å²) < 4.78 is 7.46. The van der Waals surface area contributed by atoms with Crippen molar-refractivity contribution in [1.29, 1.82) is 0 Å². The van der Waals surface area contributed by atoms with Crippen LogP contribution >= 0.6 is 0 Å². The highest BCUT2D eigenvalue weighted by Gasteiger charge is 2.25. The van der Waals surface area contributed by atoms with Crippen LogP contribution < -0.4 is 15.4 Å². The van der Waals surface area contributed by atoms with E-state index in [4.69, 9.17) is 9.73 Å². The summed E-state index contributed by atoms with van der Waals surface area (Å²) in [5.74, 6) is 2.13. The second-order valence-corrected chi connectivity index (χ2v) is 7.89. The lowest BCUT2D eigenvalue weighted by atomic mass is 10.0. The molecule has 0 spiro atoms. The molecule has 1 aliphatic rings. The number of carbonyl (C=O) groups excluding carboxylic acids is 1. The fourth-order valence-corrected chi connectivity index (χ4v) is 3.82. The molecule has 1 saturated heterocycles. The molecule has 0 radical (unpaired) electrons. The molecule has 31 heavy (non-hydrogen) atoms. The van der Waals surface area contributed by atoms with E-state index in [0.29, 0.717) is 24.8 Å². The fraction of sp³-hybridized carbons (Fsp3) is 0.522. The molecular formula is C23H34N6O2. The van der Waals surface area contributed by atoms with Gasteiger partial charge in [-0.05, 0) is 55.9 Å². The number of carbonyl (C=O) groups is 1. The zero-order valence-corrected chi connectivity index (χ0v) is 18.8. The van der Waals surface area contributed by atoms with Crippen LogP contribution in [-0.4, -0.2) is 59.3 Å². The molecule has 1 unspecified atom stereocenters. The molecule has 2 N–H and O–H groups in total. The van der Waals surface area contributed by atoms with Gasteiger partial charge in [-0.25, -0.2) is 4.99 Å². The van der Waals surface area contributed by atoms with E-state index >= 15 is 0 Å². The van der Waals surface area contributed by atoms with Crippen molar-refractivity contribution in [3.63, 3.8) is 0 Å². The van der Waals surface area contributed by atoms with Crippen LogP contribution in [0, 0.1) is 5.92 Å². The minimum absolute atomic E-state index is 0.0231. The van der Waals surface area contributed by atoms with Crippen molar-refractivity contribution in [3.8, 4) is 5.75 Å². The van der Waals surface area contributed by atoms with Crippen molar-refractivity contribution < 1.29 is 9.53 Å². The Hall–Kier alpha value is -3.03. The molecule has 1 aliphatic heterocycles. The Labute approximate surface area is 184 Å². The number of ether oxygens (including phenoxy) is 1. The summed E-state index contributed by atoms with van der Waals surface area (Å²) in [6.07, 6.45) is 6.27. The van der Waals surface area contributed by atoms with E-state index in [1.54, 1.807) is 0 Å². The maximum absolute atomic E-state index is 11.6. The van der Waals surface area contributed by atoms with E-state index in [1.165, 1.54) is 5.56 Å². The van der Waals surface area contributed by atoms with Crippen molar-refractivity contribution in [2.45, 2.75) is 33.2 Å². The van der Waals surface area contributed by atoms with Gasteiger partial charge >= 0.3 is 0 Å². The van der Waals surface area contributed by atoms with Gasteiger partial charge in [-0.15, -0.1) is 0 Å². The molecule has 2 aromatic rings. The number of likely N-dealkylation sites (N-methyl/N-ethyl adjacent to an activating group) is 1. The first kappa shape index (κ1) is 22.7. The van der Waals surface area contributed by atoms with Gasteiger partial charge in [0, 0.05) is 39.4 Å². The van der Waals surface area contributed by atoms with E-state index in [2.05, 4.69) is 33.8 Å². The molecular weight excluding hydrogens is 392 g/mol. The second kappa shape index (κ2) is 11.4. The van der Waals surface area contributed by atoms with Crippen LogP contribution in [0.4, 0.5) is 0 Å². The summed E-state index contributed by atoms with van der Waals surface area (Å²) in [4.78, 5) is 18.8. The largest absolute Gasteiger partial charge is 0.484 e. The molecule has 8 nitrogen and oxygen atoms in total. The monoisotopic (exact) mass is 426 g/mol. The molecule has 1 fully saturated rings. The molecule has 1 amide bonds. The number of aryl methyl sites for hydroxylation is 1. The first-order valence-corrected chi connectivity index (χ1v) is 11.1. The SMILES string of the molecule is CCNC(=O)COc1cccc(CN=C(NCC)N2CCC(Cc3cnn(C)c3)C2)c1. The lowest BCUT2D eigenvalue weighted by Gasteiger charge is -2.21. The van der Waals surface area contributed by atoms with Crippen molar-refractivity contribution in [1.82, 2.24) is 25.3 Å². The summed E-state index contributed by atoms with van der Waals surface area (Å²) >= 11 is 0. The molecule has 1 aromatic heterocycles. The third kappa shape index (κ3) is 7.01. The maximum atomic E-state index is 11.6. The highest BCUT2D eigenvalue weighted by molar-refractivity contribution is 5.80. The average molecular weight is 427 g/mol. The number of likely N-dealkylation sites (tertiary alicyclic amines) is 1. The first-order valence-electron chi connectivity index (χ1n) is 11.1. The van der Waals surface area contributed by atoms with Gasteiger partial charge in [0.05, 0.1) is 12.7 Å². The third-order valence-corrected chi connectivity index (χ3v) is 5.26. The van der Waals surface area contributed by atoms with Crippen molar-refractivity contribution >= 4 is 11.9 Å². The number of nitrogens with zero attached hydrogens (tertiary/aromatic N) is 4. The standard InChI is InChI=1S/C23H34N6O2/c1-4-24-22(30)17-31-21-8-6-7-18(12-21)13-26-23(25-5-2)29-10-9-19(16-29)11-20-14-27-28(3)15-20/h6-8,12,14-15,19H,4-5,9-11,13,16-17H2,1-3H3,(H,24,30)(H,25,26). The van der Waals surface area contributed by atoms with Crippen LogP contribution in [0.1, 0.15) is 31.4 Å². The summed E-state index contributed by atoms with van der Waals surface area (Å²) in [6.45, 7) is 8.00. The Kier molecular flexibility index (Phi) is 8.32. The van der Waals surface area contributed by atoms with Crippen LogP contribution in [0.2, 0.25) is 0 Å². The lowest BCUT2D eigenvalue weighted by molar-refractivity contribution is -0.122. The fourth-order valence-electron chi connectivity index (χ4n) is 3.82. The molecule has 0 saturated carbocycles. The van der Waals surface area contributed by atoms with Crippen LogP contribution in [0.15, 0.2) is 41.7 Å². The normalized spacial score (nSPS) is 16.4. The number of aromatic nitrogens is 2. The number of amides is 1. The number of benzene rings is 1. The van der Waals surface area contributed by atoms with E-state index in [9.17, 15) is 4.79 Å². The topological polar surface area (TPSA) is 83.8 Å². The molecule has 168 valence electrons. The van der Waals surface area contributed by atoms with Crippen LogP contribution in [-0.2, 0) is 24.8 Å². The third-order valence-electron chi connectivity index (χ3n) is 5.26. The highest BCUT2D eigenvalue weighted by atomic mass is 16.5. The minimum Gasteiger partial charge on any atom is -0.484 e. The van der Waals surface area contributed by atoms with Gasteiger partial charge in [-0.1, -0.05) is 12.1 Å². The van der Waals surface area contributed by atoms with Crippen LogP contribution in [0.3, 0.4) is 0 Å². The van der Waals surface area contributed by atoms with Crippen LogP contribution in [0.5, 0.6) is 5.75 Å². The predicted molar refractivity (Wildman–Crippen MR) is 122 cm³/mol. The predicted octanol–water partition coefficient (Wildman–Crippen LogP) is 1.97. The average Bonchev–Trinajstić information content (AvgIpc) is 3.39. The lowest BCUT2D eigenvalue weighted by Crippen LogP contribution is -2.40. The zero-order valence-electron chi connectivity index (χ0n) is 18.8. The Morgan fingerprint density at radius 2 is 2.10 bits per heavy atom. The van der Waals surface area contributed by atoms with Gasteiger partial charge in [-0.2, -0.15) is 5.10 Å². The van der Waals surface area contributed by atoms with Gasteiger partial charge in [0.15, 0.2) is 12.6 Å². The van der Waals surface area contributed by atoms with Crippen molar-refractivity contribution in [2.75, 3.05) is 32.8 Å². The van der Waals surface area contributed by atoms with E-state index in [1.807, 2.05) is 49.1 Å². The summed E-state index contributed by atoms with van der Waals surface area (Å²) in [6, 6.07) is 7.77. The molecule has 2 heterocycles. The van der Waals surface area contributed by atoms with Crippen molar-refractivity contribution in [2.24, 2.45) is 18.0 Å². The van der Waals surface area contributed by atoms with E-state index in [0.717, 1.165) is 44.0 Å². The van der Waals surface area contributed by atoms with E-state index in [-0.39, 0.29) is 12.5 Å². The maximum Gasteiger partial charge on any atom is 0.257 e. The smallest absolute Gasteiger partial charge is 0.257 e. The number of guanidine groups is 1. The zero-order chi connectivity index (χ0) is 22.1. The number of hydrogen-bond donors (Lipinski definition) is 2. The summed E-state index contributed by atoms with van der Waals surface area (Å²) in [5.41, 5.74) is 2.34. The highest BCUT2D eigenvalue weighted by Crippen LogP contribution is 2.21. The molecule has 3 rings (SSSR count). The van der Waals surface area contributed by atoms with Gasteiger partial charge in [0.25, 0.3) is 5.91 Å². The quantitative estimate of drug-likeness (QED) is 0.473. The van der Waals surface area contributed by atoms with Gasteiger partial charge < -0.3 is 20.3 Å². The van der Waals surface area contributed by atoms with Gasteiger partial charge in [0.1, 0.15) is 5.75 Å². The number of aliphatic imine (C=N–C) groups is 1. The Morgan fingerprint density at radius 3 is 2.84 bits per heavy atom. The van der Waals surface area contributed by atoms with Crippen molar-refractivity contribution in [3.05, 3.63) is 47.8 Å². The van der Waals surface area contributed by atoms with Crippen LogP contribution in [0.25, 0.3) is 0 Å². The molecule has 8 heteroatoms. The summed E-state index contributed by atoms with van der Waals surface area (Å²) in [5, 5.41) is 10.4. The number of hydrogen-bond acceptors (Lipinski definition) is 4. The first-order chi connectivity index (χ1) is 15.1. The Bertz CT molecular complexity index is 878. The molecule has 0 aliphatic carbocycles. The molecule has 0 bridgehead atoms.